The van der Waals surface area contributed by atoms with E-state index in [0.29, 0.717) is 18.0 Å². The van der Waals surface area contributed by atoms with Gasteiger partial charge in [0.15, 0.2) is 0 Å². The average molecular weight is 289 g/mol. The maximum atomic E-state index is 11.0. The number of aliphatic hydroxyl groups is 1. The van der Waals surface area contributed by atoms with Crippen molar-refractivity contribution < 1.29 is 9.84 Å². The summed E-state index contributed by atoms with van der Waals surface area (Å²) >= 11 is 0. The number of hydrogen-bond acceptors (Lipinski definition) is 3. The van der Waals surface area contributed by atoms with Crippen LogP contribution in [0.1, 0.15) is 43.7 Å². The summed E-state index contributed by atoms with van der Waals surface area (Å²) in [6.45, 7) is 5.92. The molecular formula is C18H27NO2. The fraction of sp³-hybridized carbons (Fsp3) is 0.667. The highest BCUT2D eigenvalue weighted by molar-refractivity contribution is 5.26. The Hall–Kier alpha value is -0.900. The van der Waals surface area contributed by atoms with Crippen molar-refractivity contribution in [2.75, 3.05) is 20.3 Å². The van der Waals surface area contributed by atoms with E-state index in [1.165, 1.54) is 11.1 Å². The zero-order chi connectivity index (χ0) is 15.0. The molecule has 0 radical (unpaired) electrons. The van der Waals surface area contributed by atoms with Crippen LogP contribution in [0.5, 0.6) is 0 Å². The third-order valence-corrected chi connectivity index (χ3v) is 5.18. The van der Waals surface area contributed by atoms with Crippen molar-refractivity contribution in [3.8, 4) is 0 Å². The average Bonchev–Trinajstić information content (AvgIpc) is 2.41. The third kappa shape index (κ3) is 3.15. The molecule has 2 bridgehead atoms. The van der Waals surface area contributed by atoms with Gasteiger partial charge >= 0.3 is 0 Å². The van der Waals surface area contributed by atoms with Gasteiger partial charge in [0.1, 0.15) is 0 Å². The van der Waals surface area contributed by atoms with Crippen LogP contribution >= 0.6 is 0 Å². The van der Waals surface area contributed by atoms with Crippen LogP contribution in [0.2, 0.25) is 0 Å². The van der Waals surface area contributed by atoms with E-state index < -0.39 is 5.60 Å². The van der Waals surface area contributed by atoms with Crippen LogP contribution in [0.25, 0.3) is 0 Å². The van der Waals surface area contributed by atoms with E-state index in [1.54, 1.807) is 0 Å². The lowest BCUT2D eigenvalue weighted by atomic mass is 9.78. The van der Waals surface area contributed by atoms with Crippen molar-refractivity contribution >= 4 is 0 Å². The maximum absolute atomic E-state index is 11.0. The predicted molar refractivity (Wildman–Crippen MR) is 84.6 cm³/mol. The molecule has 2 heterocycles. The van der Waals surface area contributed by atoms with Gasteiger partial charge in [0.25, 0.3) is 0 Å². The molecule has 2 atom stereocenters. The lowest BCUT2D eigenvalue weighted by Crippen LogP contribution is -2.60. The number of ether oxygens (including phenoxy) is 1. The topological polar surface area (TPSA) is 32.7 Å². The molecule has 2 fully saturated rings. The molecule has 0 amide bonds. The van der Waals surface area contributed by atoms with Crippen molar-refractivity contribution in [2.45, 2.75) is 56.7 Å². The lowest BCUT2D eigenvalue weighted by Gasteiger charge is -2.50. The smallest absolute Gasteiger partial charge is 0.0719 e. The number of morpholine rings is 1. The monoisotopic (exact) mass is 289 g/mol. The summed E-state index contributed by atoms with van der Waals surface area (Å²) in [7, 11) is 2.16. The highest BCUT2D eigenvalue weighted by atomic mass is 16.5. The van der Waals surface area contributed by atoms with E-state index in [0.717, 1.165) is 32.5 Å². The molecule has 2 aliphatic rings. The van der Waals surface area contributed by atoms with Crippen molar-refractivity contribution in [2.24, 2.45) is 0 Å². The summed E-state index contributed by atoms with van der Waals surface area (Å²) in [5.41, 5.74) is 2.02. The molecule has 0 aliphatic carbocycles. The Morgan fingerprint density at radius 1 is 1.19 bits per heavy atom. The molecular weight excluding hydrogens is 262 g/mol. The standard InChI is InChI=1S/C18H27NO2/c1-13(2)15-6-4-14(5-7-15)8-18(20)9-16-11-21-12-17(10-18)19(16)3/h4-7,13,16-17,20H,8-12H2,1-3H3. The number of benzene rings is 1. The van der Waals surface area contributed by atoms with E-state index in [2.05, 4.69) is 50.1 Å². The normalized spacial score (nSPS) is 33.4. The minimum Gasteiger partial charge on any atom is -0.389 e. The van der Waals surface area contributed by atoms with E-state index >= 15 is 0 Å². The van der Waals surface area contributed by atoms with Crippen LogP contribution < -0.4 is 0 Å². The molecule has 1 N–H and O–H groups in total. The molecule has 0 aromatic heterocycles. The fourth-order valence-corrected chi connectivity index (χ4v) is 3.78. The number of fused-ring (bicyclic) bond motifs is 2. The predicted octanol–water partition coefficient (Wildman–Crippen LogP) is 2.58. The first-order chi connectivity index (χ1) is 9.97. The zero-order valence-electron chi connectivity index (χ0n) is 13.4. The first-order valence-corrected chi connectivity index (χ1v) is 8.08. The number of hydrogen-bond donors (Lipinski definition) is 1. The van der Waals surface area contributed by atoms with Gasteiger partial charge in [0.2, 0.25) is 0 Å². The third-order valence-electron chi connectivity index (χ3n) is 5.18. The van der Waals surface area contributed by atoms with Crippen LogP contribution in [0, 0.1) is 0 Å². The molecule has 116 valence electrons. The molecule has 2 unspecified atom stereocenters. The molecule has 21 heavy (non-hydrogen) atoms. The molecule has 1 aromatic rings. The van der Waals surface area contributed by atoms with Crippen molar-refractivity contribution in [1.82, 2.24) is 4.90 Å². The highest BCUT2D eigenvalue weighted by Crippen LogP contribution is 2.35. The highest BCUT2D eigenvalue weighted by Gasteiger charge is 2.44. The second-order valence-electron chi connectivity index (χ2n) is 7.22. The van der Waals surface area contributed by atoms with Crippen LogP contribution in [-0.2, 0) is 11.2 Å². The Labute approximate surface area is 127 Å². The summed E-state index contributed by atoms with van der Waals surface area (Å²) in [5.74, 6) is 0.557. The van der Waals surface area contributed by atoms with Crippen LogP contribution in [-0.4, -0.2) is 48.0 Å². The molecule has 0 spiro atoms. The van der Waals surface area contributed by atoms with Crippen LogP contribution in [0.15, 0.2) is 24.3 Å². The molecule has 2 saturated heterocycles. The number of piperidine rings is 1. The van der Waals surface area contributed by atoms with Gasteiger partial charge in [-0.05, 0) is 36.9 Å². The molecule has 3 rings (SSSR count). The second-order valence-corrected chi connectivity index (χ2v) is 7.22. The Balaban J connectivity index is 1.71. The van der Waals surface area contributed by atoms with E-state index in [-0.39, 0.29) is 0 Å². The van der Waals surface area contributed by atoms with Gasteiger partial charge in [0.05, 0.1) is 18.8 Å². The summed E-state index contributed by atoms with van der Waals surface area (Å²) in [6, 6.07) is 9.47. The lowest BCUT2D eigenvalue weighted by molar-refractivity contribution is -0.133. The van der Waals surface area contributed by atoms with Crippen molar-refractivity contribution in [3.63, 3.8) is 0 Å². The van der Waals surface area contributed by atoms with E-state index in [1.807, 2.05) is 0 Å². The number of nitrogens with zero attached hydrogens (tertiary/aromatic N) is 1. The molecule has 2 aliphatic heterocycles. The fourth-order valence-electron chi connectivity index (χ4n) is 3.78. The zero-order valence-corrected chi connectivity index (χ0v) is 13.4. The number of rotatable bonds is 3. The van der Waals surface area contributed by atoms with Gasteiger partial charge in [-0.2, -0.15) is 0 Å². The second kappa shape index (κ2) is 5.71. The summed E-state index contributed by atoms with van der Waals surface area (Å²) < 4.78 is 5.64. The summed E-state index contributed by atoms with van der Waals surface area (Å²) in [6.07, 6.45) is 2.38. The first kappa shape index (κ1) is 15.0. The number of likely N-dealkylation sites (N-methyl/N-ethyl adjacent to an activating group) is 1. The first-order valence-electron chi connectivity index (χ1n) is 8.08. The van der Waals surface area contributed by atoms with Gasteiger partial charge in [-0.1, -0.05) is 38.1 Å². The minimum absolute atomic E-state index is 0.359. The molecule has 1 aromatic carbocycles. The van der Waals surface area contributed by atoms with Crippen LogP contribution in [0.4, 0.5) is 0 Å². The molecule has 0 saturated carbocycles. The van der Waals surface area contributed by atoms with Crippen molar-refractivity contribution in [3.05, 3.63) is 35.4 Å². The van der Waals surface area contributed by atoms with Gasteiger partial charge in [-0.25, -0.2) is 0 Å². The Morgan fingerprint density at radius 2 is 1.76 bits per heavy atom. The van der Waals surface area contributed by atoms with Gasteiger partial charge in [-0.15, -0.1) is 0 Å². The molecule has 3 heteroatoms. The largest absolute Gasteiger partial charge is 0.389 e. The van der Waals surface area contributed by atoms with Crippen LogP contribution in [0.3, 0.4) is 0 Å². The van der Waals surface area contributed by atoms with E-state index in [4.69, 9.17) is 4.74 Å². The summed E-state index contributed by atoms with van der Waals surface area (Å²) in [5, 5.41) is 11.0. The van der Waals surface area contributed by atoms with Gasteiger partial charge in [0, 0.05) is 18.5 Å². The van der Waals surface area contributed by atoms with Crippen molar-refractivity contribution in [1.29, 1.82) is 0 Å². The Morgan fingerprint density at radius 3 is 2.29 bits per heavy atom. The minimum atomic E-state index is -0.578. The maximum Gasteiger partial charge on any atom is 0.0719 e. The summed E-state index contributed by atoms with van der Waals surface area (Å²) in [4.78, 5) is 2.39. The van der Waals surface area contributed by atoms with E-state index in [9.17, 15) is 5.11 Å². The Bertz CT molecular complexity index is 468. The SMILES string of the molecule is CC(C)c1ccc(CC2(O)CC3COCC(C2)N3C)cc1. The quantitative estimate of drug-likeness (QED) is 0.928. The van der Waals surface area contributed by atoms with Gasteiger partial charge in [-0.3, -0.25) is 4.90 Å². The van der Waals surface area contributed by atoms with Gasteiger partial charge < -0.3 is 9.84 Å². The Kier molecular flexibility index (Phi) is 4.08. The molecule has 3 nitrogen and oxygen atoms in total.